The van der Waals surface area contributed by atoms with Gasteiger partial charge < -0.3 is 19.8 Å². The Kier molecular flexibility index (Phi) is 4.61. The molecule has 3 fully saturated rings. The van der Waals surface area contributed by atoms with Crippen LogP contribution in [0, 0.1) is 11.3 Å². The number of halogens is 1. The molecule has 3 aliphatic carbocycles. The van der Waals surface area contributed by atoms with Crippen LogP contribution in [0.25, 0.3) is 16.5 Å². The highest BCUT2D eigenvalue weighted by molar-refractivity contribution is 5.84. The second-order valence-electron chi connectivity index (χ2n) is 12.2. The lowest BCUT2D eigenvalue weighted by Crippen LogP contribution is -2.73. The highest BCUT2D eigenvalue weighted by Gasteiger charge is 2.76. The molecule has 7 heteroatoms. The van der Waals surface area contributed by atoms with Gasteiger partial charge in [-0.25, -0.2) is 14.4 Å². The van der Waals surface area contributed by atoms with Crippen molar-refractivity contribution in [2.75, 3.05) is 14.1 Å². The van der Waals surface area contributed by atoms with E-state index in [1.165, 1.54) is 11.1 Å². The smallest absolute Gasteiger partial charge is 0.171 e. The van der Waals surface area contributed by atoms with Gasteiger partial charge in [-0.3, -0.25) is 0 Å². The highest BCUT2D eigenvalue weighted by atomic mass is 19.1. The fourth-order valence-corrected chi connectivity index (χ4v) is 8.57. The van der Waals surface area contributed by atoms with Gasteiger partial charge in [0.1, 0.15) is 18.0 Å². The van der Waals surface area contributed by atoms with Crippen molar-refractivity contribution in [1.29, 1.82) is 0 Å². The van der Waals surface area contributed by atoms with E-state index >= 15 is 4.39 Å². The summed E-state index contributed by atoms with van der Waals surface area (Å²) in [7, 11) is 3.75. The molecule has 0 radical (unpaired) electrons. The normalized spacial score (nSPS) is 45.2. The number of likely N-dealkylation sites (N-methyl/N-ethyl adjacent to an activating group) is 1. The molecule has 2 spiro atoms. The van der Waals surface area contributed by atoms with Crippen molar-refractivity contribution in [3.63, 3.8) is 0 Å². The van der Waals surface area contributed by atoms with E-state index in [9.17, 15) is 10.2 Å². The molecular formula is C29H34FN3O3. The number of aliphatic hydroxyl groups is 2. The molecule has 5 aliphatic rings. The second-order valence-corrected chi connectivity index (χ2v) is 12.2. The quantitative estimate of drug-likeness (QED) is 0.622. The van der Waals surface area contributed by atoms with Crippen molar-refractivity contribution in [3.8, 4) is 0 Å². The summed E-state index contributed by atoms with van der Waals surface area (Å²) in [5.74, 6) is 0.201. The van der Waals surface area contributed by atoms with Crippen molar-refractivity contribution < 1.29 is 19.3 Å². The Morgan fingerprint density at radius 3 is 2.81 bits per heavy atom. The molecule has 1 saturated carbocycles. The summed E-state index contributed by atoms with van der Waals surface area (Å²) < 4.78 is 23.9. The molecule has 8 unspecified atom stereocenters. The van der Waals surface area contributed by atoms with Crippen molar-refractivity contribution in [1.82, 2.24) is 14.9 Å². The third-order valence-electron chi connectivity index (χ3n) is 10.5. The Balaban J connectivity index is 1.29. The average Bonchev–Trinajstić information content (AvgIpc) is 3.40. The highest BCUT2D eigenvalue weighted by Crippen LogP contribution is 2.70. The lowest BCUT2D eigenvalue weighted by atomic mass is 9.56. The van der Waals surface area contributed by atoms with Crippen molar-refractivity contribution in [2.45, 2.75) is 80.6 Å². The molecule has 1 aromatic heterocycles. The summed E-state index contributed by atoms with van der Waals surface area (Å²) in [4.78, 5) is 10.5. The maximum Gasteiger partial charge on any atom is 0.171 e. The number of aromatic nitrogens is 2. The summed E-state index contributed by atoms with van der Waals surface area (Å²) in [6.45, 7) is 2.33. The number of fused-ring (bicyclic) bond motifs is 2. The van der Waals surface area contributed by atoms with Gasteiger partial charge in [0, 0.05) is 35.4 Å². The van der Waals surface area contributed by atoms with Gasteiger partial charge in [-0.05, 0) is 69.0 Å². The molecule has 190 valence electrons. The van der Waals surface area contributed by atoms with E-state index in [-0.39, 0.29) is 23.8 Å². The van der Waals surface area contributed by atoms with E-state index in [1.54, 1.807) is 6.33 Å². The van der Waals surface area contributed by atoms with Crippen molar-refractivity contribution in [3.05, 3.63) is 54.0 Å². The first-order valence-electron chi connectivity index (χ1n) is 13.2. The van der Waals surface area contributed by atoms with Crippen LogP contribution in [-0.4, -0.2) is 74.3 Å². The van der Waals surface area contributed by atoms with E-state index in [4.69, 9.17) is 4.74 Å². The van der Waals surface area contributed by atoms with Gasteiger partial charge in [0.05, 0.1) is 17.2 Å². The maximum atomic E-state index is 16.9. The third kappa shape index (κ3) is 2.65. The summed E-state index contributed by atoms with van der Waals surface area (Å²) in [6.07, 6.45) is 8.86. The van der Waals surface area contributed by atoms with Gasteiger partial charge in [-0.1, -0.05) is 31.2 Å². The van der Waals surface area contributed by atoms with E-state index in [2.05, 4.69) is 47.2 Å². The number of hydrogen-bond acceptors (Lipinski definition) is 6. The SMILES string of the molecule is CN(C)C1CC23CCC4(O2)C(=CCC2(C)C(c5ccc6cncnc6c5)=CCC24)CC3(F)C(O)C1O. The van der Waals surface area contributed by atoms with Gasteiger partial charge >= 0.3 is 0 Å². The lowest BCUT2D eigenvalue weighted by molar-refractivity contribution is -0.282. The van der Waals surface area contributed by atoms with E-state index in [0.29, 0.717) is 12.8 Å². The van der Waals surface area contributed by atoms with E-state index < -0.39 is 29.1 Å². The van der Waals surface area contributed by atoms with Crippen LogP contribution in [0.5, 0.6) is 0 Å². The van der Waals surface area contributed by atoms with Crippen molar-refractivity contribution in [2.24, 2.45) is 11.3 Å². The fourth-order valence-electron chi connectivity index (χ4n) is 8.57. The molecule has 2 bridgehead atoms. The lowest BCUT2D eigenvalue weighted by Gasteiger charge is -2.61. The molecule has 6 nitrogen and oxygen atoms in total. The molecule has 3 heterocycles. The number of ether oxygens (including phenoxy) is 1. The van der Waals surface area contributed by atoms with E-state index in [1.807, 2.05) is 25.2 Å². The maximum absolute atomic E-state index is 16.9. The molecule has 1 aromatic carbocycles. The molecule has 2 saturated heterocycles. The van der Waals surface area contributed by atoms with Crippen LogP contribution in [0.15, 0.2) is 48.4 Å². The number of nitrogens with zero attached hydrogens (tertiary/aromatic N) is 3. The second kappa shape index (κ2) is 7.22. The van der Waals surface area contributed by atoms with Crippen LogP contribution >= 0.6 is 0 Å². The van der Waals surface area contributed by atoms with Crippen molar-refractivity contribution >= 4 is 16.5 Å². The van der Waals surface area contributed by atoms with Crippen LogP contribution in [-0.2, 0) is 4.74 Å². The zero-order valence-electron chi connectivity index (χ0n) is 21.1. The van der Waals surface area contributed by atoms with Crippen LogP contribution in [0.3, 0.4) is 0 Å². The number of allylic oxidation sites excluding steroid dienone is 3. The summed E-state index contributed by atoms with van der Waals surface area (Å²) in [6, 6.07) is 6.04. The monoisotopic (exact) mass is 491 g/mol. The molecule has 7 rings (SSSR count). The van der Waals surface area contributed by atoms with Gasteiger partial charge in [0.15, 0.2) is 5.67 Å². The molecule has 2 aliphatic heterocycles. The van der Waals surface area contributed by atoms with E-state index in [0.717, 1.165) is 35.7 Å². The Bertz CT molecular complexity index is 1330. The Morgan fingerprint density at radius 1 is 1.17 bits per heavy atom. The summed E-state index contributed by atoms with van der Waals surface area (Å²) >= 11 is 0. The van der Waals surface area contributed by atoms with Gasteiger partial charge in [0.25, 0.3) is 0 Å². The number of aliphatic hydroxyl groups excluding tert-OH is 2. The minimum absolute atomic E-state index is 0.139. The molecule has 0 amide bonds. The molecule has 36 heavy (non-hydrogen) atoms. The first-order chi connectivity index (χ1) is 17.1. The number of benzene rings is 1. The average molecular weight is 492 g/mol. The first kappa shape index (κ1) is 23.0. The number of hydrogen-bond donors (Lipinski definition) is 2. The Morgan fingerprint density at radius 2 is 2.00 bits per heavy atom. The largest absolute Gasteiger partial charge is 0.389 e. The predicted octanol–water partition coefficient (Wildman–Crippen LogP) is 3.83. The van der Waals surface area contributed by atoms with Crippen LogP contribution in [0.2, 0.25) is 0 Å². The first-order valence-corrected chi connectivity index (χ1v) is 13.2. The Hall–Kier alpha value is -2.19. The molecule has 8 atom stereocenters. The van der Waals surface area contributed by atoms with Crippen LogP contribution in [0.4, 0.5) is 4.39 Å². The van der Waals surface area contributed by atoms with Crippen LogP contribution < -0.4 is 0 Å². The molecule has 2 N–H and O–H groups in total. The zero-order chi connectivity index (χ0) is 25.1. The van der Waals surface area contributed by atoms with Crippen LogP contribution in [0.1, 0.15) is 51.0 Å². The Labute approximate surface area is 210 Å². The summed E-state index contributed by atoms with van der Waals surface area (Å²) in [5.41, 5.74) is 0.663. The molecule has 2 aromatic rings. The minimum atomic E-state index is -1.98. The minimum Gasteiger partial charge on any atom is -0.389 e. The topological polar surface area (TPSA) is 78.7 Å². The summed E-state index contributed by atoms with van der Waals surface area (Å²) in [5, 5.41) is 22.9. The van der Waals surface area contributed by atoms with Gasteiger partial charge in [0.2, 0.25) is 0 Å². The zero-order valence-corrected chi connectivity index (χ0v) is 21.1. The van der Waals surface area contributed by atoms with Gasteiger partial charge in [-0.2, -0.15) is 0 Å². The van der Waals surface area contributed by atoms with Gasteiger partial charge in [-0.15, -0.1) is 0 Å². The predicted molar refractivity (Wildman–Crippen MR) is 135 cm³/mol. The standard InChI is InChI=1S/C29H34FN3O3/c1-26-9-8-19-13-29(30)25(35)24(34)22(33(2)3)14-27(29)10-11-28(19,36-27)23(26)7-6-20(26)17-4-5-18-15-31-16-32-21(18)12-17/h4-6,8,12,15-16,22-25,34-35H,7,9-11,13-14H2,1-3H3. The molecular weight excluding hydrogens is 457 g/mol. The fraction of sp³-hybridized carbons (Fsp3) is 0.586. The third-order valence-corrected chi connectivity index (χ3v) is 10.5. The number of rotatable bonds is 2. The number of alkyl halides is 1.